The third-order valence-electron chi connectivity index (χ3n) is 3.69. The lowest BCUT2D eigenvalue weighted by Crippen LogP contribution is -2.39. The number of para-hydroxylation sites is 2. The lowest BCUT2D eigenvalue weighted by atomic mass is 10.2. The van der Waals surface area contributed by atoms with Gasteiger partial charge in [-0.15, -0.1) is 0 Å². The van der Waals surface area contributed by atoms with E-state index in [1.807, 2.05) is 6.07 Å². The average Bonchev–Trinajstić information content (AvgIpc) is 2.75. The van der Waals surface area contributed by atoms with E-state index < -0.39 is 0 Å². The van der Waals surface area contributed by atoms with Gasteiger partial charge in [-0.05, 0) is 31.3 Å². The molecule has 2 aromatic rings. The van der Waals surface area contributed by atoms with E-state index in [1.165, 1.54) is 5.52 Å². The van der Waals surface area contributed by atoms with Gasteiger partial charge in [-0.1, -0.05) is 12.1 Å². The summed E-state index contributed by atoms with van der Waals surface area (Å²) < 4.78 is 8.42. The number of H-pyrrole nitrogens is 1. The van der Waals surface area contributed by atoms with Crippen LogP contribution in [0.3, 0.4) is 0 Å². The number of aromatic amines is 1. The zero-order valence-corrected chi connectivity index (χ0v) is 11.9. The summed E-state index contributed by atoms with van der Waals surface area (Å²) in [6, 6.07) is 8.65. The van der Waals surface area contributed by atoms with E-state index in [9.17, 15) is 0 Å². The van der Waals surface area contributed by atoms with Crippen molar-refractivity contribution in [3.05, 3.63) is 29.0 Å². The molecule has 3 rings (SSSR count). The second kappa shape index (κ2) is 5.45. The molecule has 0 spiro atoms. The fourth-order valence-corrected chi connectivity index (χ4v) is 3.14. The minimum Gasteiger partial charge on any atom is -0.379 e. The number of ether oxygens (including phenoxy) is 1. The molecule has 0 amide bonds. The molecule has 0 aliphatic carbocycles. The Morgan fingerprint density at radius 3 is 2.84 bits per heavy atom. The SMILES string of the molecule is CC(CN1CCOCC1)n1c(=S)[nH]c2ccccc21. The van der Waals surface area contributed by atoms with Gasteiger partial charge in [0.15, 0.2) is 4.77 Å². The van der Waals surface area contributed by atoms with Gasteiger partial charge >= 0.3 is 0 Å². The molecule has 1 saturated heterocycles. The first-order valence-electron chi connectivity index (χ1n) is 6.75. The Morgan fingerprint density at radius 1 is 1.32 bits per heavy atom. The molecule has 1 aromatic carbocycles. The summed E-state index contributed by atoms with van der Waals surface area (Å²) >= 11 is 5.46. The summed E-state index contributed by atoms with van der Waals surface area (Å²) in [5.74, 6) is 0. The lowest BCUT2D eigenvalue weighted by molar-refractivity contribution is 0.0327. The monoisotopic (exact) mass is 277 g/mol. The molecular weight excluding hydrogens is 258 g/mol. The van der Waals surface area contributed by atoms with Gasteiger partial charge in [0, 0.05) is 25.7 Å². The van der Waals surface area contributed by atoms with Crippen molar-refractivity contribution in [3.63, 3.8) is 0 Å². The molecule has 4 nitrogen and oxygen atoms in total. The van der Waals surface area contributed by atoms with Crippen LogP contribution in [0.2, 0.25) is 0 Å². The lowest BCUT2D eigenvalue weighted by Gasteiger charge is -2.29. The summed E-state index contributed by atoms with van der Waals surface area (Å²) in [5.41, 5.74) is 2.30. The number of rotatable bonds is 3. The predicted molar refractivity (Wildman–Crippen MR) is 79.1 cm³/mol. The highest BCUT2D eigenvalue weighted by Gasteiger charge is 2.16. The van der Waals surface area contributed by atoms with Crippen LogP contribution in [0.5, 0.6) is 0 Å². The highest BCUT2D eigenvalue weighted by Crippen LogP contribution is 2.19. The Hall–Kier alpha value is -1.17. The van der Waals surface area contributed by atoms with Crippen LogP contribution in [-0.2, 0) is 4.74 Å². The third-order valence-corrected chi connectivity index (χ3v) is 3.99. The highest BCUT2D eigenvalue weighted by molar-refractivity contribution is 7.71. The molecule has 0 radical (unpaired) electrons. The molecule has 1 atom stereocenters. The molecule has 1 fully saturated rings. The van der Waals surface area contributed by atoms with E-state index in [0.29, 0.717) is 6.04 Å². The van der Waals surface area contributed by atoms with Gasteiger partial charge in [-0.3, -0.25) is 4.90 Å². The number of imidazole rings is 1. The van der Waals surface area contributed by atoms with Crippen molar-refractivity contribution >= 4 is 23.3 Å². The Morgan fingerprint density at radius 2 is 2.05 bits per heavy atom. The minimum absolute atomic E-state index is 0.363. The summed E-state index contributed by atoms with van der Waals surface area (Å²) in [6.45, 7) is 6.95. The third kappa shape index (κ3) is 2.59. The van der Waals surface area contributed by atoms with Crippen molar-refractivity contribution in [2.24, 2.45) is 0 Å². The Kier molecular flexibility index (Phi) is 3.68. The summed E-state index contributed by atoms with van der Waals surface area (Å²) in [7, 11) is 0. The molecule has 1 aliphatic rings. The first-order valence-corrected chi connectivity index (χ1v) is 7.16. The van der Waals surface area contributed by atoms with Gasteiger partial charge in [0.2, 0.25) is 0 Å². The van der Waals surface area contributed by atoms with Crippen molar-refractivity contribution in [1.29, 1.82) is 0 Å². The number of fused-ring (bicyclic) bond motifs is 1. The zero-order valence-electron chi connectivity index (χ0n) is 11.1. The molecule has 1 N–H and O–H groups in total. The van der Waals surface area contributed by atoms with Crippen LogP contribution in [0.1, 0.15) is 13.0 Å². The van der Waals surface area contributed by atoms with E-state index in [-0.39, 0.29) is 0 Å². The quantitative estimate of drug-likeness (QED) is 0.875. The van der Waals surface area contributed by atoms with Gasteiger partial charge < -0.3 is 14.3 Å². The van der Waals surface area contributed by atoms with Crippen LogP contribution < -0.4 is 0 Å². The fraction of sp³-hybridized carbons (Fsp3) is 0.500. The van der Waals surface area contributed by atoms with Crippen LogP contribution in [-0.4, -0.2) is 47.3 Å². The maximum Gasteiger partial charge on any atom is 0.178 e. The molecule has 1 aliphatic heterocycles. The van der Waals surface area contributed by atoms with Crippen molar-refractivity contribution in [3.8, 4) is 0 Å². The van der Waals surface area contributed by atoms with Crippen LogP contribution >= 0.6 is 12.2 Å². The van der Waals surface area contributed by atoms with Gasteiger partial charge in [0.05, 0.1) is 24.2 Å². The standard InChI is InChI=1S/C14H19N3OS/c1-11(10-16-6-8-18-9-7-16)17-13-5-3-2-4-12(13)15-14(17)19/h2-5,11H,6-10H2,1H3,(H,15,19). The maximum absolute atomic E-state index is 5.46. The van der Waals surface area contributed by atoms with Crippen molar-refractivity contribution in [2.45, 2.75) is 13.0 Å². The molecule has 2 heterocycles. The van der Waals surface area contributed by atoms with Gasteiger partial charge in [-0.25, -0.2) is 0 Å². The minimum atomic E-state index is 0.363. The number of morpholine rings is 1. The Labute approximate surface area is 118 Å². The molecule has 102 valence electrons. The van der Waals surface area contributed by atoms with Crippen LogP contribution in [0, 0.1) is 4.77 Å². The van der Waals surface area contributed by atoms with E-state index >= 15 is 0 Å². The number of aromatic nitrogens is 2. The van der Waals surface area contributed by atoms with E-state index in [4.69, 9.17) is 17.0 Å². The predicted octanol–water partition coefficient (Wildman–Crippen LogP) is 2.59. The number of hydrogen-bond acceptors (Lipinski definition) is 3. The summed E-state index contributed by atoms with van der Waals surface area (Å²) in [4.78, 5) is 5.72. The topological polar surface area (TPSA) is 33.2 Å². The molecule has 19 heavy (non-hydrogen) atoms. The van der Waals surface area contributed by atoms with E-state index in [2.05, 4.69) is 39.6 Å². The normalized spacial score (nSPS) is 18.8. The molecule has 1 unspecified atom stereocenters. The van der Waals surface area contributed by atoms with E-state index in [1.54, 1.807) is 0 Å². The Balaban J connectivity index is 1.86. The smallest absolute Gasteiger partial charge is 0.178 e. The Bertz CT molecular complexity index is 612. The summed E-state index contributed by atoms with van der Waals surface area (Å²) in [6.07, 6.45) is 0. The molecule has 0 saturated carbocycles. The molecule has 1 aromatic heterocycles. The number of hydrogen-bond donors (Lipinski definition) is 1. The largest absolute Gasteiger partial charge is 0.379 e. The van der Waals surface area contributed by atoms with Crippen molar-refractivity contribution in [1.82, 2.24) is 14.5 Å². The van der Waals surface area contributed by atoms with Crippen LogP contribution in [0.25, 0.3) is 11.0 Å². The molecular formula is C14H19N3OS. The van der Waals surface area contributed by atoms with Gasteiger partial charge in [-0.2, -0.15) is 0 Å². The van der Waals surface area contributed by atoms with Gasteiger partial charge in [0.25, 0.3) is 0 Å². The number of benzene rings is 1. The number of nitrogens with zero attached hydrogens (tertiary/aromatic N) is 2. The molecule has 5 heteroatoms. The van der Waals surface area contributed by atoms with Gasteiger partial charge in [0.1, 0.15) is 0 Å². The zero-order chi connectivity index (χ0) is 13.2. The first kappa shape index (κ1) is 12.8. The van der Waals surface area contributed by atoms with Crippen LogP contribution in [0.15, 0.2) is 24.3 Å². The van der Waals surface area contributed by atoms with Crippen LogP contribution in [0.4, 0.5) is 0 Å². The fourth-order valence-electron chi connectivity index (χ4n) is 2.75. The number of nitrogens with one attached hydrogen (secondary N) is 1. The summed E-state index contributed by atoms with van der Waals surface area (Å²) in [5, 5.41) is 0. The van der Waals surface area contributed by atoms with Crippen molar-refractivity contribution < 1.29 is 4.74 Å². The first-order chi connectivity index (χ1) is 9.25. The van der Waals surface area contributed by atoms with Crippen molar-refractivity contribution in [2.75, 3.05) is 32.8 Å². The average molecular weight is 277 g/mol. The highest BCUT2D eigenvalue weighted by atomic mass is 32.1. The van der Waals surface area contributed by atoms with E-state index in [0.717, 1.165) is 43.1 Å². The second-order valence-electron chi connectivity index (χ2n) is 5.08. The molecule has 0 bridgehead atoms. The second-order valence-corrected chi connectivity index (χ2v) is 5.47. The maximum atomic E-state index is 5.46.